The Hall–Kier alpha value is -2.91. The Morgan fingerprint density at radius 3 is 2.48 bits per heavy atom. The lowest BCUT2D eigenvalue weighted by molar-refractivity contribution is 0.212. The Kier molecular flexibility index (Phi) is 4.54. The molecule has 1 aromatic carbocycles. The molecule has 0 aliphatic carbocycles. The molecule has 0 saturated carbocycles. The Morgan fingerprint density at radius 1 is 1.04 bits per heavy atom. The van der Waals surface area contributed by atoms with Crippen molar-refractivity contribution in [2.45, 2.75) is 17.3 Å². The van der Waals surface area contributed by atoms with Gasteiger partial charge < -0.3 is 10.2 Å². The number of amides is 2. The topological polar surface area (TPSA) is 91.4 Å². The zero-order valence-electron chi connectivity index (χ0n) is 14.1. The first-order valence-electron chi connectivity index (χ1n) is 8.15. The van der Waals surface area contributed by atoms with E-state index in [9.17, 15) is 13.2 Å². The van der Waals surface area contributed by atoms with Gasteiger partial charge in [-0.3, -0.25) is 9.71 Å². The summed E-state index contributed by atoms with van der Waals surface area (Å²) in [6, 6.07) is 11.5. The van der Waals surface area contributed by atoms with Gasteiger partial charge in [0.05, 0.1) is 0 Å². The molecule has 0 saturated heterocycles. The number of hydrogen-bond acceptors (Lipinski definition) is 5. The molecular weight excluding hydrogens is 384 g/mol. The molecule has 0 atom stereocenters. The zero-order valence-corrected chi connectivity index (χ0v) is 15.8. The molecule has 0 bridgehead atoms. The summed E-state index contributed by atoms with van der Waals surface area (Å²) in [6.45, 7) is 1.07. The number of hydrogen-bond donors (Lipinski definition) is 2. The number of rotatable bonds is 4. The second-order valence-electron chi connectivity index (χ2n) is 6.05. The molecule has 1 aliphatic heterocycles. The SMILES string of the molecule is O=C(Nc1ccc(NS(=O)(=O)c2cccs2)cc1)N1Cc2ccncc2C1. The highest BCUT2D eigenvalue weighted by molar-refractivity contribution is 7.94. The van der Waals surface area contributed by atoms with E-state index in [2.05, 4.69) is 15.0 Å². The average molecular weight is 400 g/mol. The maximum Gasteiger partial charge on any atom is 0.322 e. The molecule has 2 N–H and O–H groups in total. The van der Waals surface area contributed by atoms with Crippen LogP contribution in [-0.2, 0) is 23.1 Å². The van der Waals surface area contributed by atoms with Crippen molar-refractivity contribution in [2.24, 2.45) is 0 Å². The largest absolute Gasteiger partial charge is 0.322 e. The van der Waals surface area contributed by atoms with Gasteiger partial charge in [-0.2, -0.15) is 0 Å². The summed E-state index contributed by atoms with van der Waals surface area (Å²) < 4.78 is 27.2. The molecule has 27 heavy (non-hydrogen) atoms. The van der Waals surface area contributed by atoms with Crippen LogP contribution in [0.4, 0.5) is 16.2 Å². The number of pyridine rings is 1. The monoisotopic (exact) mass is 400 g/mol. The number of benzene rings is 1. The minimum absolute atomic E-state index is 0.210. The van der Waals surface area contributed by atoms with E-state index in [-0.39, 0.29) is 10.2 Å². The first kappa shape index (κ1) is 17.5. The summed E-state index contributed by atoms with van der Waals surface area (Å²) in [5.74, 6) is 0. The number of nitrogens with one attached hydrogen (secondary N) is 2. The van der Waals surface area contributed by atoms with Gasteiger partial charge in [-0.15, -0.1) is 11.3 Å². The van der Waals surface area contributed by atoms with Crippen molar-refractivity contribution in [3.8, 4) is 0 Å². The second-order valence-corrected chi connectivity index (χ2v) is 8.90. The number of carbonyl (C=O) groups excluding carboxylic acids is 1. The van der Waals surface area contributed by atoms with E-state index in [1.165, 1.54) is 0 Å². The summed E-state index contributed by atoms with van der Waals surface area (Å²) >= 11 is 1.15. The van der Waals surface area contributed by atoms with Gasteiger partial charge in [-0.05, 0) is 52.9 Å². The molecule has 0 unspecified atom stereocenters. The Bertz CT molecular complexity index is 1040. The number of anilines is 2. The van der Waals surface area contributed by atoms with Crippen molar-refractivity contribution in [2.75, 3.05) is 10.0 Å². The molecule has 3 heterocycles. The predicted molar refractivity (Wildman–Crippen MR) is 104 cm³/mol. The van der Waals surface area contributed by atoms with E-state index in [1.807, 2.05) is 6.07 Å². The van der Waals surface area contributed by atoms with E-state index in [0.717, 1.165) is 22.5 Å². The third-order valence-electron chi connectivity index (χ3n) is 4.16. The quantitative estimate of drug-likeness (QED) is 0.701. The molecule has 0 fully saturated rings. The fraction of sp³-hybridized carbons (Fsp3) is 0.111. The number of fused-ring (bicyclic) bond motifs is 1. The number of carbonyl (C=O) groups is 1. The van der Waals surface area contributed by atoms with E-state index in [0.29, 0.717) is 24.5 Å². The van der Waals surface area contributed by atoms with Crippen LogP contribution in [0.1, 0.15) is 11.1 Å². The molecular formula is C18H16N4O3S2. The smallest absolute Gasteiger partial charge is 0.316 e. The van der Waals surface area contributed by atoms with Crippen LogP contribution in [0, 0.1) is 0 Å². The van der Waals surface area contributed by atoms with Crippen LogP contribution in [0.3, 0.4) is 0 Å². The molecule has 138 valence electrons. The first-order chi connectivity index (χ1) is 13.0. The van der Waals surface area contributed by atoms with Gasteiger partial charge in [-0.1, -0.05) is 6.07 Å². The maximum atomic E-state index is 12.4. The lowest BCUT2D eigenvalue weighted by Crippen LogP contribution is -2.30. The molecule has 1 aliphatic rings. The van der Waals surface area contributed by atoms with Crippen LogP contribution in [0.2, 0.25) is 0 Å². The summed E-state index contributed by atoms with van der Waals surface area (Å²) in [6.07, 6.45) is 3.49. The number of nitrogens with zero attached hydrogens (tertiary/aromatic N) is 2. The zero-order chi connectivity index (χ0) is 18.9. The minimum atomic E-state index is -3.58. The Balaban J connectivity index is 1.39. The van der Waals surface area contributed by atoms with Crippen molar-refractivity contribution in [3.05, 3.63) is 71.4 Å². The summed E-state index contributed by atoms with van der Waals surface area (Å²) in [5, 5.41) is 4.54. The summed E-state index contributed by atoms with van der Waals surface area (Å²) in [5.41, 5.74) is 3.17. The maximum absolute atomic E-state index is 12.4. The third-order valence-corrected chi connectivity index (χ3v) is 6.94. The van der Waals surface area contributed by atoms with Gasteiger partial charge in [0.1, 0.15) is 4.21 Å². The van der Waals surface area contributed by atoms with E-state index in [1.54, 1.807) is 59.1 Å². The predicted octanol–water partition coefficient (Wildman–Crippen LogP) is 3.49. The molecule has 9 heteroatoms. The molecule has 3 aromatic rings. The van der Waals surface area contributed by atoms with Crippen molar-refractivity contribution in [1.29, 1.82) is 0 Å². The second kappa shape index (κ2) is 7.01. The van der Waals surface area contributed by atoms with Gasteiger partial charge >= 0.3 is 6.03 Å². The van der Waals surface area contributed by atoms with Crippen molar-refractivity contribution in [3.63, 3.8) is 0 Å². The van der Waals surface area contributed by atoms with E-state index < -0.39 is 10.0 Å². The molecule has 0 spiro atoms. The highest BCUT2D eigenvalue weighted by atomic mass is 32.2. The molecule has 7 nitrogen and oxygen atoms in total. The van der Waals surface area contributed by atoms with Crippen LogP contribution in [0.25, 0.3) is 0 Å². The lowest BCUT2D eigenvalue weighted by atomic mass is 10.2. The van der Waals surface area contributed by atoms with Crippen molar-refractivity contribution >= 4 is 38.8 Å². The average Bonchev–Trinajstić information content (AvgIpc) is 3.33. The fourth-order valence-electron chi connectivity index (χ4n) is 2.81. The molecule has 0 radical (unpaired) electrons. The fourth-order valence-corrected chi connectivity index (χ4v) is 4.86. The van der Waals surface area contributed by atoms with E-state index in [4.69, 9.17) is 0 Å². The third kappa shape index (κ3) is 3.79. The number of urea groups is 1. The molecule has 4 rings (SSSR count). The lowest BCUT2D eigenvalue weighted by Gasteiger charge is -2.16. The van der Waals surface area contributed by atoms with Crippen LogP contribution >= 0.6 is 11.3 Å². The van der Waals surface area contributed by atoms with Crippen LogP contribution in [-0.4, -0.2) is 24.3 Å². The minimum Gasteiger partial charge on any atom is -0.316 e. The highest BCUT2D eigenvalue weighted by Gasteiger charge is 2.23. The first-order valence-corrected chi connectivity index (χ1v) is 10.5. The van der Waals surface area contributed by atoms with Crippen LogP contribution in [0.5, 0.6) is 0 Å². The van der Waals surface area contributed by atoms with Gasteiger partial charge in [-0.25, -0.2) is 13.2 Å². The standard InChI is InChI=1S/C18H16N4O3S2/c23-18(22-11-13-7-8-19-10-14(13)12-22)20-15-3-5-16(6-4-15)21-27(24,25)17-2-1-9-26-17/h1-10,21H,11-12H2,(H,20,23). The van der Waals surface area contributed by atoms with Crippen molar-refractivity contribution in [1.82, 2.24) is 9.88 Å². The normalized spacial score (nSPS) is 13.3. The molecule has 2 amide bonds. The number of aromatic nitrogens is 1. The summed E-state index contributed by atoms with van der Waals surface area (Å²) in [4.78, 5) is 18.2. The van der Waals surface area contributed by atoms with Crippen LogP contribution < -0.4 is 10.0 Å². The number of thiophene rings is 1. The van der Waals surface area contributed by atoms with Crippen molar-refractivity contribution < 1.29 is 13.2 Å². The Labute approximate surface area is 160 Å². The summed E-state index contributed by atoms with van der Waals surface area (Å²) in [7, 11) is -3.58. The van der Waals surface area contributed by atoms with E-state index >= 15 is 0 Å². The Morgan fingerprint density at radius 2 is 1.78 bits per heavy atom. The van der Waals surface area contributed by atoms with Gasteiger partial charge in [0, 0.05) is 36.9 Å². The highest BCUT2D eigenvalue weighted by Crippen LogP contribution is 2.24. The van der Waals surface area contributed by atoms with Crippen LogP contribution in [0.15, 0.2) is 64.4 Å². The molecule has 2 aromatic heterocycles. The van der Waals surface area contributed by atoms with Gasteiger partial charge in [0.2, 0.25) is 0 Å². The van der Waals surface area contributed by atoms with Gasteiger partial charge in [0.25, 0.3) is 10.0 Å². The number of sulfonamides is 1. The van der Waals surface area contributed by atoms with Gasteiger partial charge in [0.15, 0.2) is 0 Å².